The van der Waals surface area contributed by atoms with Crippen molar-refractivity contribution < 1.29 is 24.5 Å². The molecule has 0 atom stereocenters. The van der Waals surface area contributed by atoms with E-state index >= 15 is 0 Å². The first-order valence-corrected chi connectivity index (χ1v) is 10.7. The minimum absolute atomic E-state index is 0.0697. The average molecular weight is 436 g/mol. The van der Waals surface area contributed by atoms with Crippen LogP contribution in [0.2, 0.25) is 0 Å². The van der Waals surface area contributed by atoms with Crippen molar-refractivity contribution in [1.82, 2.24) is 20.0 Å². The predicted octanol–water partition coefficient (Wildman–Crippen LogP) is 2.03. The van der Waals surface area contributed by atoms with Gasteiger partial charge in [0, 0.05) is 37.6 Å². The Morgan fingerprint density at radius 3 is 2.59 bits per heavy atom. The number of carbonyl (C=O) groups excluding carboxylic acids is 2. The van der Waals surface area contributed by atoms with Gasteiger partial charge in [0.25, 0.3) is 11.8 Å². The second-order valence-electron chi connectivity index (χ2n) is 8.15. The standard InChI is InChI=1S/C23H24N4O5/c28-7-8-32-16-4-3-14-12-27(13-15(14)9-16)22(30)18-10-17-19(11-20(18)29)24-25-21(17)23(31)26-5-1-2-6-26/h3-4,9-11,28-29H,1-2,5-8,12-13H2,(H,24,25). The lowest BCUT2D eigenvalue weighted by Crippen LogP contribution is -2.28. The fourth-order valence-electron chi connectivity index (χ4n) is 4.40. The lowest BCUT2D eigenvalue weighted by atomic mass is 10.1. The van der Waals surface area contributed by atoms with Crippen LogP contribution in [0.3, 0.4) is 0 Å². The van der Waals surface area contributed by atoms with E-state index in [1.807, 2.05) is 18.2 Å². The van der Waals surface area contributed by atoms with Gasteiger partial charge >= 0.3 is 0 Å². The summed E-state index contributed by atoms with van der Waals surface area (Å²) in [4.78, 5) is 29.5. The highest BCUT2D eigenvalue weighted by Gasteiger charge is 2.29. The lowest BCUT2D eigenvalue weighted by molar-refractivity contribution is 0.0746. The molecule has 0 saturated carbocycles. The molecule has 0 unspecified atom stereocenters. The molecule has 1 fully saturated rings. The molecule has 2 aromatic carbocycles. The van der Waals surface area contributed by atoms with Crippen molar-refractivity contribution >= 4 is 22.7 Å². The van der Waals surface area contributed by atoms with Crippen LogP contribution in [0.1, 0.15) is 44.8 Å². The molecular formula is C23H24N4O5. The number of carbonyl (C=O) groups is 2. The van der Waals surface area contributed by atoms with Gasteiger partial charge < -0.3 is 24.7 Å². The Balaban J connectivity index is 1.41. The van der Waals surface area contributed by atoms with Crippen LogP contribution in [0, 0.1) is 0 Å². The van der Waals surface area contributed by atoms with E-state index in [1.165, 1.54) is 6.07 Å². The Morgan fingerprint density at radius 1 is 1.03 bits per heavy atom. The third-order valence-corrected chi connectivity index (χ3v) is 6.05. The number of phenolic OH excluding ortho intramolecular Hbond substituents is 1. The van der Waals surface area contributed by atoms with Crippen molar-refractivity contribution in [3.05, 3.63) is 52.7 Å². The number of likely N-dealkylation sites (tertiary alicyclic amines) is 1. The van der Waals surface area contributed by atoms with E-state index in [4.69, 9.17) is 9.84 Å². The molecular weight excluding hydrogens is 412 g/mol. The molecule has 2 amide bonds. The van der Waals surface area contributed by atoms with Crippen LogP contribution >= 0.6 is 0 Å². The molecule has 3 heterocycles. The van der Waals surface area contributed by atoms with Gasteiger partial charge in [-0.2, -0.15) is 5.10 Å². The molecule has 166 valence electrons. The summed E-state index contributed by atoms with van der Waals surface area (Å²) >= 11 is 0. The zero-order valence-corrected chi connectivity index (χ0v) is 17.5. The second kappa shape index (κ2) is 8.16. The fourth-order valence-corrected chi connectivity index (χ4v) is 4.40. The minimum atomic E-state index is -0.320. The van der Waals surface area contributed by atoms with Crippen LogP contribution in [0.5, 0.6) is 11.5 Å². The number of aliphatic hydroxyl groups is 1. The molecule has 32 heavy (non-hydrogen) atoms. The first kappa shape index (κ1) is 20.3. The Morgan fingerprint density at radius 2 is 1.81 bits per heavy atom. The van der Waals surface area contributed by atoms with Crippen molar-refractivity contribution in [3.63, 3.8) is 0 Å². The monoisotopic (exact) mass is 436 g/mol. The van der Waals surface area contributed by atoms with E-state index in [1.54, 1.807) is 15.9 Å². The number of hydrogen-bond donors (Lipinski definition) is 3. The molecule has 0 bridgehead atoms. The van der Waals surface area contributed by atoms with Gasteiger partial charge in [0.15, 0.2) is 5.69 Å². The van der Waals surface area contributed by atoms with Gasteiger partial charge in [-0.25, -0.2) is 0 Å². The number of phenols is 1. The minimum Gasteiger partial charge on any atom is -0.507 e. The molecule has 5 rings (SSSR count). The molecule has 2 aliphatic heterocycles. The van der Waals surface area contributed by atoms with E-state index in [-0.39, 0.29) is 42.0 Å². The number of aliphatic hydroxyl groups excluding tert-OH is 1. The number of fused-ring (bicyclic) bond motifs is 2. The number of rotatable bonds is 5. The van der Waals surface area contributed by atoms with Crippen LogP contribution in [0.4, 0.5) is 0 Å². The molecule has 1 aromatic heterocycles. The van der Waals surface area contributed by atoms with Crippen molar-refractivity contribution in [2.45, 2.75) is 25.9 Å². The number of nitrogens with one attached hydrogen (secondary N) is 1. The quantitative estimate of drug-likeness (QED) is 0.563. The first-order valence-electron chi connectivity index (χ1n) is 10.7. The molecule has 9 heteroatoms. The molecule has 9 nitrogen and oxygen atoms in total. The zero-order valence-electron chi connectivity index (χ0n) is 17.5. The Hall–Kier alpha value is -3.59. The van der Waals surface area contributed by atoms with Gasteiger partial charge in [-0.1, -0.05) is 6.07 Å². The summed E-state index contributed by atoms with van der Waals surface area (Å²) in [5, 5.41) is 26.9. The topological polar surface area (TPSA) is 119 Å². The Bertz CT molecular complexity index is 1200. The normalized spacial score (nSPS) is 15.4. The number of aromatic amines is 1. The summed E-state index contributed by atoms with van der Waals surface area (Å²) in [7, 11) is 0. The molecule has 2 aliphatic rings. The third kappa shape index (κ3) is 3.54. The van der Waals surface area contributed by atoms with E-state index in [0.717, 1.165) is 24.0 Å². The molecule has 3 aromatic rings. The summed E-state index contributed by atoms with van der Waals surface area (Å²) in [6.45, 7) is 2.34. The van der Waals surface area contributed by atoms with Gasteiger partial charge in [0.05, 0.1) is 17.7 Å². The molecule has 0 spiro atoms. The van der Waals surface area contributed by atoms with E-state index < -0.39 is 0 Å². The van der Waals surface area contributed by atoms with Crippen LogP contribution < -0.4 is 4.74 Å². The second-order valence-corrected chi connectivity index (χ2v) is 8.15. The SMILES string of the molecule is O=C(c1cc2c(C(=O)N3CCCC3)n[nH]c2cc1O)N1Cc2ccc(OCCO)cc2C1. The number of ether oxygens (including phenoxy) is 1. The van der Waals surface area contributed by atoms with E-state index in [2.05, 4.69) is 10.2 Å². The van der Waals surface area contributed by atoms with Crippen molar-refractivity contribution in [2.24, 2.45) is 0 Å². The number of hydrogen-bond acceptors (Lipinski definition) is 6. The molecule has 1 saturated heterocycles. The number of aromatic nitrogens is 2. The first-order chi connectivity index (χ1) is 15.5. The van der Waals surface area contributed by atoms with E-state index in [9.17, 15) is 14.7 Å². The third-order valence-electron chi connectivity index (χ3n) is 6.05. The zero-order chi connectivity index (χ0) is 22.2. The molecule has 3 N–H and O–H groups in total. The van der Waals surface area contributed by atoms with Gasteiger partial charge in [-0.15, -0.1) is 0 Å². The van der Waals surface area contributed by atoms with Crippen LogP contribution in [-0.4, -0.2) is 68.3 Å². The number of benzene rings is 2. The summed E-state index contributed by atoms with van der Waals surface area (Å²) in [5.41, 5.74) is 2.88. The van der Waals surface area contributed by atoms with E-state index in [0.29, 0.717) is 42.8 Å². The van der Waals surface area contributed by atoms with Crippen molar-refractivity contribution in [1.29, 1.82) is 0 Å². The Labute approximate surface area is 184 Å². The van der Waals surface area contributed by atoms with Crippen molar-refractivity contribution in [3.8, 4) is 11.5 Å². The molecule has 0 radical (unpaired) electrons. The fraction of sp³-hybridized carbons (Fsp3) is 0.348. The van der Waals surface area contributed by atoms with Gasteiger partial charge in [-0.3, -0.25) is 14.7 Å². The van der Waals surface area contributed by atoms with Crippen LogP contribution in [0.25, 0.3) is 10.9 Å². The van der Waals surface area contributed by atoms with Crippen molar-refractivity contribution in [2.75, 3.05) is 26.3 Å². The summed E-state index contributed by atoms with van der Waals surface area (Å²) in [5.74, 6) is -0.00454. The highest BCUT2D eigenvalue weighted by Crippen LogP contribution is 2.32. The average Bonchev–Trinajstić information content (AvgIpc) is 3.55. The number of aromatic hydroxyl groups is 1. The number of H-pyrrole nitrogens is 1. The highest BCUT2D eigenvalue weighted by molar-refractivity contribution is 6.08. The smallest absolute Gasteiger partial charge is 0.274 e. The van der Waals surface area contributed by atoms with Gasteiger partial charge in [0.2, 0.25) is 0 Å². The van der Waals surface area contributed by atoms with Gasteiger partial charge in [0.1, 0.15) is 18.1 Å². The summed E-state index contributed by atoms with van der Waals surface area (Å²) in [6, 6.07) is 8.58. The summed E-state index contributed by atoms with van der Waals surface area (Å²) in [6.07, 6.45) is 1.95. The number of amides is 2. The molecule has 0 aliphatic carbocycles. The van der Waals surface area contributed by atoms with Crippen LogP contribution in [0.15, 0.2) is 30.3 Å². The largest absolute Gasteiger partial charge is 0.507 e. The maximum Gasteiger partial charge on any atom is 0.274 e. The predicted molar refractivity (Wildman–Crippen MR) is 115 cm³/mol. The maximum atomic E-state index is 13.3. The Kier molecular flexibility index (Phi) is 5.18. The maximum absolute atomic E-state index is 13.3. The lowest BCUT2D eigenvalue weighted by Gasteiger charge is -2.17. The van der Waals surface area contributed by atoms with Crippen LogP contribution in [-0.2, 0) is 13.1 Å². The van der Waals surface area contributed by atoms with Gasteiger partial charge in [-0.05, 0) is 42.2 Å². The highest BCUT2D eigenvalue weighted by atomic mass is 16.5. The number of nitrogens with zero attached hydrogens (tertiary/aromatic N) is 3. The summed E-state index contributed by atoms with van der Waals surface area (Å²) < 4.78 is 5.46.